The predicted molar refractivity (Wildman–Crippen MR) is 86.6 cm³/mol. The van der Waals surface area contributed by atoms with E-state index in [0.29, 0.717) is 0 Å². The van der Waals surface area contributed by atoms with Gasteiger partial charge in [-0.25, -0.2) is 0 Å². The van der Waals surface area contributed by atoms with Crippen molar-refractivity contribution >= 4 is 0 Å². The molecule has 0 saturated carbocycles. The number of likely N-dealkylation sites (tertiary alicyclic amines) is 1. The third kappa shape index (κ3) is 5.33. The molecule has 1 atom stereocenters. The molecular weight excluding hydrogens is 262 g/mol. The van der Waals surface area contributed by atoms with E-state index in [2.05, 4.69) is 18.7 Å². The first-order chi connectivity index (χ1) is 10.2. The highest BCUT2D eigenvalue weighted by atomic mass is 16.5. The van der Waals surface area contributed by atoms with E-state index < -0.39 is 6.10 Å². The summed E-state index contributed by atoms with van der Waals surface area (Å²) >= 11 is 0. The van der Waals surface area contributed by atoms with Gasteiger partial charge in [0.25, 0.3) is 0 Å². The highest BCUT2D eigenvalue weighted by Gasteiger charge is 2.17. The van der Waals surface area contributed by atoms with Crippen LogP contribution < -0.4 is 4.74 Å². The molecular formula is C18H29NO2. The summed E-state index contributed by atoms with van der Waals surface area (Å²) in [4.78, 5) is 2.47. The van der Waals surface area contributed by atoms with Crippen molar-refractivity contribution in [2.24, 2.45) is 5.92 Å². The second-order valence-corrected chi connectivity index (χ2v) is 6.25. The van der Waals surface area contributed by atoms with E-state index >= 15 is 0 Å². The molecule has 21 heavy (non-hydrogen) atoms. The molecule has 0 bridgehead atoms. The van der Waals surface area contributed by atoms with Crippen molar-refractivity contribution in [2.75, 3.05) is 26.2 Å². The van der Waals surface area contributed by atoms with E-state index in [1.165, 1.54) is 25.9 Å². The van der Waals surface area contributed by atoms with Crippen molar-refractivity contribution in [2.45, 2.75) is 45.6 Å². The maximum absolute atomic E-state index is 10.4. The lowest BCUT2D eigenvalue weighted by Gasteiger charge is -2.30. The number of hydrogen-bond donors (Lipinski definition) is 1. The van der Waals surface area contributed by atoms with Gasteiger partial charge in [-0.1, -0.05) is 26.0 Å². The van der Waals surface area contributed by atoms with Gasteiger partial charge in [0.15, 0.2) is 0 Å². The second-order valence-electron chi connectivity index (χ2n) is 6.25. The van der Waals surface area contributed by atoms with Crippen molar-refractivity contribution < 1.29 is 9.84 Å². The smallest absolute Gasteiger partial charge is 0.119 e. The minimum atomic E-state index is -0.394. The highest BCUT2D eigenvalue weighted by Crippen LogP contribution is 2.23. The van der Waals surface area contributed by atoms with Gasteiger partial charge in [-0.05, 0) is 62.4 Å². The van der Waals surface area contributed by atoms with Crippen LogP contribution in [-0.4, -0.2) is 36.2 Å². The summed E-state index contributed by atoms with van der Waals surface area (Å²) in [5, 5.41) is 10.4. The number of rotatable bonds is 7. The van der Waals surface area contributed by atoms with Gasteiger partial charge in [0, 0.05) is 6.54 Å². The first kappa shape index (κ1) is 16.3. The zero-order chi connectivity index (χ0) is 15.1. The van der Waals surface area contributed by atoms with Crippen molar-refractivity contribution in [3.63, 3.8) is 0 Å². The Morgan fingerprint density at radius 3 is 2.81 bits per heavy atom. The van der Waals surface area contributed by atoms with Gasteiger partial charge in [0.05, 0.1) is 12.7 Å². The summed E-state index contributed by atoms with van der Waals surface area (Å²) < 4.78 is 5.63. The summed E-state index contributed by atoms with van der Waals surface area (Å²) in [6.45, 7) is 8.48. The van der Waals surface area contributed by atoms with Crippen LogP contribution in [0.4, 0.5) is 0 Å². The minimum Gasteiger partial charge on any atom is -0.494 e. The molecule has 1 aromatic rings. The topological polar surface area (TPSA) is 32.7 Å². The lowest BCUT2D eigenvalue weighted by molar-refractivity contribution is 0.125. The Morgan fingerprint density at radius 1 is 1.33 bits per heavy atom. The molecule has 1 aromatic carbocycles. The molecule has 1 saturated heterocycles. The van der Waals surface area contributed by atoms with Gasteiger partial charge in [-0.2, -0.15) is 0 Å². The summed E-state index contributed by atoms with van der Waals surface area (Å²) in [5.41, 5.74) is 0.967. The molecule has 1 heterocycles. The van der Waals surface area contributed by atoms with Gasteiger partial charge < -0.3 is 14.7 Å². The number of nitrogens with zero attached hydrogens (tertiary/aromatic N) is 1. The summed E-state index contributed by atoms with van der Waals surface area (Å²) in [7, 11) is 0. The van der Waals surface area contributed by atoms with Crippen LogP contribution in [0.5, 0.6) is 5.75 Å². The van der Waals surface area contributed by atoms with Crippen LogP contribution >= 0.6 is 0 Å². The number of hydrogen-bond acceptors (Lipinski definition) is 3. The Labute approximate surface area is 128 Å². The maximum atomic E-state index is 10.4. The average Bonchev–Trinajstić information content (AvgIpc) is 2.52. The lowest BCUT2D eigenvalue weighted by atomic mass is 9.98. The van der Waals surface area contributed by atoms with Gasteiger partial charge >= 0.3 is 0 Å². The number of ether oxygens (including phenoxy) is 1. The molecule has 1 fully saturated rings. The van der Waals surface area contributed by atoms with Gasteiger partial charge in [-0.3, -0.25) is 0 Å². The molecule has 0 radical (unpaired) electrons. The fraction of sp³-hybridized carbons (Fsp3) is 0.667. The SMILES string of the molecule is CCCOc1cccc(C(O)CCN2CCC(C)CC2)c1. The van der Waals surface area contributed by atoms with E-state index in [0.717, 1.165) is 43.2 Å². The van der Waals surface area contributed by atoms with Crippen LogP contribution in [0.2, 0.25) is 0 Å². The molecule has 0 aromatic heterocycles. The lowest BCUT2D eigenvalue weighted by Crippen LogP contribution is -2.34. The van der Waals surface area contributed by atoms with Gasteiger partial charge in [0.1, 0.15) is 5.75 Å². The molecule has 3 heteroatoms. The number of aliphatic hydroxyl groups excluding tert-OH is 1. The van der Waals surface area contributed by atoms with Gasteiger partial charge in [0.2, 0.25) is 0 Å². The number of benzene rings is 1. The predicted octanol–water partition coefficient (Wildman–Crippen LogP) is 3.63. The molecule has 118 valence electrons. The normalized spacial score (nSPS) is 18.6. The Kier molecular flexibility index (Phi) is 6.52. The van der Waals surface area contributed by atoms with Crippen LogP contribution in [-0.2, 0) is 0 Å². The standard InChI is InChI=1S/C18H29NO2/c1-3-13-21-17-6-4-5-16(14-17)18(20)9-12-19-10-7-15(2)8-11-19/h4-6,14-15,18,20H,3,7-13H2,1-2H3. The Bertz CT molecular complexity index is 413. The van der Waals surface area contributed by atoms with E-state index in [9.17, 15) is 5.11 Å². The van der Waals surface area contributed by atoms with Crippen LogP contribution in [0.25, 0.3) is 0 Å². The molecule has 0 aliphatic carbocycles. The molecule has 1 unspecified atom stereocenters. The van der Waals surface area contributed by atoms with E-state index in [-0.39, 0.29) is 0 Å². The molecule has 0 amide bonds. The van der Waals surface area contributed by atoms with Crippen LogP contribution in [0.15, 0.2) is 24.3 Å². The fourth-order valence-corrected chi connectivity index (χ4v) is 2.79. The third-order valence-electron chi connectivity index (χ3n) is 4.31. The number of aliphatic hydroxyl groups is 1. The Hall–Kier alpha value is -1.06. The van der Waals surface area contributed by atoms with E-state index in [1.807, 2.05) is 24.3 Å². The molecule has 3 nitrogen and oxygen atoms in total. The van der Waals surface area contributed by atoms with E-state index in [1.54, 1.807) is 0 Å². The molecule has 1 N–H and O–H groups in total. The van der Waals surface area contributed by atoms with Crippen molar-refractivity contribution in [3.8, 4) is 5.75 Å². The fourth-order valence-electron chi connectivity index (χ4n) is 2.79. The van der Waals surface area contributed by atoms with Crippen molar-refractivity contribution in [1.29, 1.82) is 0 Å². The number of piperidine rings is 1. The molecule has 0 spiro atoms. The van der Waals surface area contributed by atoms with Crippen LogP contribution in [0.1, 0.15) is 51.2 Å². The Balaban J connectivity index is 1.81. The van der Waals surface area contributed by atoms with Crippen LogP contribution in [0.3, 0.4) is 0 Å². The summed E-state index contributed by atoms with van der Waals surface area (Å²) in [6, 6.07) is 7.88. The van der Waals surface area contributed by atoms with Crippen molar-refractivity contribution in [1.82, 2.24) is 4.90 Å². The van der Waals surface area contributed by atoms with Crippen LogP contribution in [0, 0.1) is 5.92 Å². The molecule has 2 rings (SSSR count). The van der Waals surface area contributed by atoms with Crippen molar-refractivity contribution in [3.05, 3.63) is 29.8 Å². The zero-order valence-corrected chi connectivity index (χ0v) is 13.4. The first-order valence-electron chi connectivity index (χ1n) is 8.32. The monoisotopic (exact) mass is 291 g/mol. The summed E-state index contributed by atoms with van der Waals surface area (Å²) in [5.74, 6) is 1.72. The molecule has 1 aliphatic heterocycles. The van der Waals surface area contributed by atoms with Gasteiger partial charge in [-0.15, -0.1) is 0 Å². The Morgan fingerprint density at radius 2 is 2.10 bits per heavy atom. The summed E-state index contributed by atoms with van der Waals surface area (Å²) in [6.07, 6.45) is 3.98. The first-order valence-corrected chi connectivity index (χ1v) is 8.32. The third-order valence-corrected chi connectivity index (χ3v) is 4.31. The quantitative estimate of drug-likeness (QED) is 0.832. The minimum absolute atomic E-state index is 0.394. The second kappa shape index (κ2) is 8.40. The average molecular weight is 291 g/mol. The maximum Gasteiger partial charge on any atom is 0.119 e. The largest absolute Gasteiger partial charge is 0.494 e. The highest BCUT2D eigenvalue weighted by molar-refractivity contribution is 5.29. The molecule has 1 aliphatic rings. The zero-order valence-electron chi connectivity index (χ0n) is 13.4. The van der Waals surface area contributed by atoms with E-state index in [4.69, 9.17) is 4.74 Å².